The summed E-state index contributed by atoms with van der Waals surface area (Å²) in [6.45, 7) is 11.2. The lowest BCUT2D eigenvalue weighted by Gasteiger charge is -2.19. The number of hydrogen-bond donors (Lipinski definition) is 1. The van der Waals surface area contributed by atoms with Crippen LogP contribution >= 0.6 is 0 Å². The lowest BCUT2D eigenvalue weighted by atomic mass is 9.86. The van der Waals surface area contributed by atoms with E-state index in [9.17, 15) is 0 Å². The molecule has 0 saturated carbocycles. The summed E-state index contributed by atoms with van der Waals surface area (Å²) in [7, 11) is 0. The summed E-state index contributed by atoms with van der Waals surface area (Å²) < 4.78 is 0. The molecule has 0 saturated heterocycles. The van der Waals surface area contributed by atoms with Gasteiger partial charge in [-0.2, -0.15) is 5.10 Å². The highest BCUT2D eigenvalue weighted by molar-refractivity contribution is 5.84. The predicted octanol–water partition coefficient (Wildman–Crippen LogP) is 7.93. The molecule has 3 aromatic rings. The van der Waals surface area contributed by atoms with Gasteiger partial charge in [-0.05, 0) is 52.1 Å². The second-order valence-corrected chi connectivity index (χ2v) is 9.07. The molecule has 0 aliphatic heterocycles. The average molecular weight is 409 g/mol. The van der Waals surface area contributed by atoms with E-state index in [2.05, 4.69) is 113 Å². The molecular weight excluding hydrogens is 376 g/mol. The topological polar surface area (TPSA) is 24.4 Å². The van der Waals surface area contributed by atoms with Crippen molar-refractivity contribution in [1.29, 1.82) is 0 Å². The highest BCUT2D eigenvalue weighted by atomic mass is 15.3. The van der Waals surface area contributed by atoms with Crippen molar-refractivity contribution in [2.75, 3.05) is 5.43 Å². The minimum atomic E-state index is 0.285. The fraction of sp³-hybridized carbons (Fsp3) is 0.276. The maximum atomic E-state index is 4.72. The van der Waals surface area contributed by atoms with E-state index in [1.165, 1.54) is 33.4 Å². The summed E-state index contributed by atoms with van der Waals surface area (Å²) in [5.41, 5.74) is 13.7. The molecule has 0 spiro atoms. The van der Waals surface area contributed by atoms with Crippen LogP contribution in [-0.2, 0) is 0 Å². The van der Waals surface area contributed by atoms with Crippen LogP contribution in [-0.4, -0.2) is 6.21 Å². The van der Waals surface area contributed by atoms with Crippen molar-refractivity contribution in [1.82, 2.24) is 0 Å². The summed E-state index contributed by atoms with van der Waals surface area (Å²) in [4.78, 5) is 0. The van der Waals surface area contributed by atoms with E-state index in [1.807, 2.05) is 6.21 Å². The molecule has 0 amide bonds. The lowest BCUT2D eigenvalue weighted by Crippen LogP contribution is -2.06. The molecule has 1 aliphatic rings. The number of fused-ring (bicyclic) bond motifs is 1. The number of nitrogens with one attached hydrogen (secondary N) is 1. The van der Waals surface area contributed by atoms with Gasteiger partial charge in [0.15, 0.2) is 0 Å². The number of hydrazone groups is 1. The number of allylic oxidation sites excluding steroid dienone is 1. The second kappa shape index (κ2) is 8.93. The van der Waals surface area contributed by atoms with Crippen molar-refractivity contribution in [3.8, 4) is 0 Å². The normalized spacial score (nSPS) is 15.6. The smallest absolute Gasteiger partial charge is 0.0630 e. The Morgan fingerprint density at radius 1 is 0.774 bits per heavy atom. The Labute approximate surface area is 186 Å². The quantitative estimate of drug-likeness (QED) is 0.325. The zero-order valence-corrected chi connectivity index (χ0v) is 19.2. The fourth-order valence-electron chi connectivity index (χ4n) is 4.63. The second-order valence-electron chi connectivity index (χ2n) is 9.07. The van der Waals surface area contributed by atoms with Crippen LogP contribution in [0, 0.1) is 0 Å². The first-order valence-electron chi connectivity index (χ1n) is 11.2. The Hall–Kier alpha value is -3.13. The van der Waals surface area contributed by atoms with Crippen LogP contribution in [0.15, 0.2) is 77.4 Å². The third kappa shape index (κ3) is 4.20. The Bertz CT molecular complexity index is 1110. The van der Waals surface area contributed by atoms with Crippen molar-refractivity contribution >= 4 is 18.0 Å². The SMILES string of the molecule is CC1=Cc2ccccc2C1c1ccccc1/C=N/Nc1c(C(C)C)cccc1C(C)C. The largest absolute Gasteiger partial charge is 0.278 e. The molecule has 1 atom stereocenters. The van der Waals surface area contributed by atoms with Gasteiger partial charge in [-0.15, -0.1) is 0 Å². The lowest BCUT2D eigenvalue weighted by molar-refractivity contribution is 0.835. The molecule has 4 rings (SSSR count). The van der Waals surface area contributed by atoms with Crippen molar-refractivity contribution < 1.29 is 0 Å². The summed E-state index contributed by atoms with van der Waals surface area (Å²) in [5.74, 6) is 1.16. The van der Waals surface area contributed by atoms with Gasteiger partial charge in [0.25, 0.3) is 0 Å². The van der Waals surface area contributed by atoms with E-state index in [4.69, 9.17) is 5.10 Å². The third-order valence-electron chi connectivity index (χ3n) is 6.21. The molecule has 1 N–H and O–H groups in total. The molecule has 0 bridgehead atoms. The fourth-order valence-corrected chi connectivity index (χ4v) is 4.63. The number of rotatable bonds is 6. The van der Waals surface area contributed by atoms with Crippen LogP contribution in [0.1, 0.15) is 85.8 Å². The van der Waals surface area contributed by atoms with Gasteiger partial charge in [-0.3, -0.25) is 5.43 Å². The Balaban J connectivity index is 1.67. The first kappa shape index (κ1) is 21.1. The van der Waals surface area contributed by atoms with Crippen LogP contribution in [0.3, 0.4) is 0 Å². The minimum Gasteiger partial charge on any atom is -0.278 e. The van der Waals surface area contributed by atoms with Crippen LogP contribution in [0.25, 0.3) is 6.08 Å². The molecule has 1 unspecified atom stereocenters. The number of hydrogen-bond acceptors (Lipinski definition) is 2. The van der Waals surface area contributed by atoms with Crippen LogP contribution in [0.5, 0.6) is 0 Å². The third-order valence-corrected chi connectivity index (χ3v) is 6.21. The molecule has 0 aromatic heterocycles. The molecule has 1 aliphatic carbocycles. The van der Waals surface area contributed by atoms with Crippen molar-refractivity contribution in [3.05, 3.63) is 106 Å². The van der Waals surface area contributed by atoms with Gasteiger partial charge in [-0.1, -0.05) is 106 Å². The number of para-hydroxylation sites is 1. The summed E-state index contributed by atoms with van der Waals surface area (Å²) in [6, 6.07) is 23.8. The van der Waals surface area contributed by atoms with Crippen molar-refractivity contribution in [2.45, 2.75) is 52.4 Å². The summed E-state index contributed by atoms with van der Waals surface area (Å²) in [6.07, 6.45) is 4.28. The maximum absolute atomic E-state index is 4.72. The number of benzene rings is 3. The van der Waals surface area contributed by atoms with E-state index < -0.39 is 0 Å². The summed E-state index contributed by atoms with van der Waals surface area (Å²) in [5, 5.41) is 4.72. The van der Waals surface area contributed by atoms with Gasteiger partial charge in [0.1, 0.15) is 0 Å². The Morgan fingerprint density at radius 2 is 1.39 bits per heavy atom. The zero-order chi connectivity index (χ0) is 22.0. The Kier molecular flexibility index (Phi) is 6.08. The molecule has 0 heterocycles. The number of anilines is 1. The number of nitrogens with zero attached hydrogens (tertiary/aromatic N) is 1. The first-order chi connectivity index (χ1) is 15.0. The molecule has 2 heteroatoms. The monoisotopic (exact) mass is 408 g/mol. The van der Waals surface area contributed by atoms with E-state index in [-0.39, 0.29) is 5.92 Å². The molecule has 0 radical (unpaired) electrons. The van der Waals surface area contributed by atoms with Gasteiger partial charge < -0.3 is 0 Å². The standard InChI is InChI=1S/C29H32N2/c1-19(2)24-15-10-16-25(20(3)4)29(24)31-30-18-23-12-7-9-14-27(23)28-21(5)17-22-11-6-8-13-26(22)28/h6-20,28,31H,1-5H3/b30-18+. The zero-order valence-electron chi connectivity index (χ0n) is 19.2. The average Bonchev–Trinajstić information content (AvgIpc) is 3.09. The maximum Gasteiger partial charge on any atom is 0.0630 e. The minimum absolute atomic E-state index is 0.285. The van der Waals surface area contributed by atoms with Gasteiger partial charge in [-0.25, -0.2) is 0 Å². The van der Waals surface area contributed by atoms with E-state index in [0.29, 0.717) is 11.8 Å². The molecule has 158 valence electrons. The van der Waals surface area contributed by atoms with E-state index >= 15 is 0 Å². The highest BCUT2D eigenvalue weighted by Gasteiger charge is 2.25. The van der Waals surface area contributed by atoms with Gasteiger partial charge in [0.05, 0.1) is 11.9 Å². The summed E-state index contributed by atoms with van der Waals surface area (Å²) >= 11 is 0. The Morgan fingerprint density at radius 3 is 2.06 bits per heavy atom. The molecular formula is C29H32N2. The molecule has 31 heavy (non-hydrogen) atoms. The van der Waals surface area contributed by atoms with Crippen LogP contribution in [0.4, 0.5) is 5.69 Å². The molecule has 0 fully saturated rings. The van der Waals surface area contributed by atoms with E-state index in [0.717, 1.165) is 11.3 Å². The van der Waals surface area contributed by atoms with E-state index in [1.54, 1.807) is 0 Å². The van der Waals surface area contributed by atoms with Crippen LogP contribution < -0.4 is 5.43 Å². The molecule has 3 aromatic carbocycles. The van der Waals surface area contributed by atoms with Gasteiger partial charge in [0, 0.05) is 5.92 Å². The van der Waals surface area contributed by atoms with Crippen LogP contribution in [0.2, 0.25) is 0 Å². The van der Waals surface area contributed by atoms with Crippen molar-refractivity contribution in [3.63, 3.8) is 0 Å². The highest BCUT2D eigenvalue weighted by Crippen LogP contribution is 2.41. The predicted molar refractivity (Wildman–Crippen MR) is 134 cm³/mol. The van der Waals surface area contributed by atoms with Gasteiger partial charge in [0.2, 0.25) is 0 Å². The molecule has 2 nitrogen and oxygen atoms in total. The first-order valence-corrected chi connectivity index (χ1v) is 11.2. The van der Waals surface area contributed by atoms with Crippen molar-refractivity contribution in [2.24, 2.45) is 5.10 Å². The van der Waals surface area contributed by atoms with Gasteiger partial charge >= 0.3 is 0 Å².